The molecule has 6 rings (SSSR count). The summed E-state index contributed by atoms with van der Waals surface area (Å²) in [7, 11) is 0. The second-order valence-electron chi connectivity index (χ2n) is 13.5. The van der Waals surface area contributed by atoms with Crippen LogP contribution in [0.3, 0.4) is 0 Å². The minimum atomic E-state index is 0.722. The summed E-state index contributed by atoms with van der Waals surface area (Å²) in [6.45, 7) is 8.36. The first-order chi connectivity index (χ1) is 27.4. The Hall–Kier alpha value is -6.68. The van der Waals surface area contributed by atoms with Gasteiger partial charge < -0.3 is 0 Å². The van der Waals surface area contributed by atoms with Gasteiger partial charge in [-0.05, 0) is 171 Å². The van der Waals surface area contributed by atoms with Gasteiger partial charge in [0.1, 0.15) is 0 Å². The molecule has 0 spiro atoms. The number of hydrogen-bond donors (Lipinski definition) is 0. The van der Waals surface area contributed by atoms with E-state index in [0.717, 1.165) is 80.8 Å². The molecule has 280 valence electrons. The Balaban J connectivity index is 0.993. The topological polar surface area (TPSA) is 124 Å². The number of benzene rings is 6. The zero-order chi connectivity index (χ0) is 39.0. The first-order valence-corrected chi connectivity index (χ1v) is 19.1. The van der Waals surface area contributed by atoms with Crippen molar-refractivity contribution in [2.75, 3.05) is 0 Å². The Morgan fingerprint density at radius 3 is 0.821 bits per heavy atom. The molecule has 0 aliphatic heterocycles. The molecule has 0 unspecified atom stereocenters. The SMILES string of the molecule is CCCCc1ccc(N=Nc2ccc(N=Nc3ccc(N=Nc4ccc(N=Nc5ccc(N=Nc6ccc(CCCC)cc6)cc5)cc4C)c(C)c3)cc2)cc1. The Bertz CT molecular complexity index is 2160. The van der Waals surface area contributed by atoms with Crippen LogP contribution in [-0.4, -0.2) is 0 Å². The van der Waals surface area contributed by atoms with E-state index in [1.54, 1.807) is 0 Å². The van der Waals surface area contributed by atoms with Crippen LogP contribution in [0, 0.1) is 13.8 Å². The van der Waals surface area contributed by atoms with Crippen LogP contribution < -0.4 is 0 Å². The summed E-state index contributed by atoms with van der Waals surface area (Å²) in [5, 5.41) is 44.1. The summed E-state index contributed by atoms with van der Waals surface area (Å²) < 4.78 is 0. The molecule has 0 aromatic heterocycles. The van der Waals surface area contributed by atoms with Crippen LogP contribution in [-0.2, 0) is 12.8 Å². The van der Waals surface area contributed by atoms with E-state index in [4.69, 9.17) is 0 Å². The van der Waals surface area contributed by atoms with E-state index in [-0.39, 0.29) is 0 Å². The van der Waals surface area contributed by atoms with E-state index < -0.39 is 0 Å². The van der Waals surface area contributed by atoms with Crippen molar-refractivity contribution in [1.29, 1.82) is 0 Å². The maximum Gasteiger partial charge on any atom is 0.0887 e. The molecular weight excluding hydrogens is 693 g/mol. The minimum Gasteiger partial charge on any atom is -0.151 e. The summed E-state index contributed by atoms with van der Waals surface area (Å²) >= 11 is 0. The van der Waals surface area contributed by atoms with Gasteiger partial charge >= 0.3 is 0 Å². The highest BCUT2D eigenvalue weighted by atomic mass is 15.1. The van der Waals surface area contributed by atoms with E-state index in [9.17, 15) is 0 Å². The van der Waals surface area contributed by atoms with Gasteiger partial charge in [0.2, 0.25) is 0 Å². The smallest absolute Gasteiger partial charge is 0.0887 e. The average Bonchev–Trinajstić information content (AvgIpc) is 3.23. The van der Waals surface area contributed by atoms with Crippen LogP contribution in [0.1, 0.15) is 61.8 Å². The molecule has 10 heteroatoms. The summed E-state index contributed by atoms with van der Waals surface area (Å²) in [5.41, 5.74) is 12.1. The van der Waals surface area contributed by atoms with Crippen molar-refractivity contribution in [3.63, 3.8) is 0 Å². The quantitative estimate of drug-likeness (QED) is 0.0877. The lowest BCUT2D eigenvalue weighted by Crippen LogP contribution is -1.82. The lowest BCUT2D eigenvalue weighted by molar-refractivity contribution is 0.795. The molecule has 6 aromatic rings. The van der Waals surface area contributed by atoms with Crippen LogP contribution >= 0.6 is 0 Å². The second-order valence-corrected chi connectivity index (χ2v) is 13.5. The third-order valence-corrected chi connectivity index (χ3v) is 8.96. The molecule has 0 aliphatic rings. The highest BCUT2D eigenvalue weighted by molar-refractivity contribution is 5.57. The molecule has 0 aliphatic carbocycles. The molecule has 0 heterocycles. The highest BCUT2D eigenvalue weighted by Gasteiger charge is 2.03. The number of unbranched alkanes of at least 4 members (excludes halogenated alkanes) is 2. The van der Waals surface area contributed by atoms with Crippen molar-refractivity contribution in [3.8, 4) is 0 Å². The molecule has 0 atom stereocenters. The normalized spacial score (nSPS) is 12.0. The van der Waals surface area contributed by atoms with Crippen molar-refractivity contribution < 1.29 is 0 Å². The number of aryl methyl sites for hydroxylation is 4. The lowest BCUT2D eigenvalue weighted by Gasteiger charge is -2.03. The number of hydrogen-bond acceptors (Lipinski definition) is 10. The van der Waals surface area contributed by atoms with Crippen molar-refractivity contribution >= 4 is 56.9 Å². The summed E-state index contributed by atoms with van der Waals surface area (Å²) in [6, 6.07) is 42.9. The molecule has 56 heavy (non-hydrogen) atoms. The van der Waals surface area contributed by atoms with Crippen molar-refractivity contribution in [2.45, 2.75) is 66.2 Å². The van der Waals surface area contributed by atoms with E-state index >= 15 is 0 Å². The Morgan fingerprint density at radius 1 is 0.304 bits per heavy atom. The molecule has 0 fully saturated rings. The third-order valence-electron chi connectivity index (χ3n) is 8.96. The van der Waals surface area contributed by atoms with Crippen LogP contribution in [0.15, 0.2) is 185 Å². The molecule has 0 saturated carbocycles. The van der Waals surface area contributed by atoms with Gasteiger partial charge in [0.05, 0.1) is 56.9 Å². The van der Waals surface area contributed by atoms with Gasteiger partial charge in [-0.2, -0.15) is 51.1 Å². The largest absolute Gasteiger partial charge is 0.151 e. The minimum absolute atomic E-state index is 0.722. The average molecular weight is 739 g/mol. The number of azo groups is 5. The van der Waals surface area contributed by atoms with Gasteiger partial charge in [-0.25, -0.2) is 0 Å². The number of rotatable bonds is 16. The summed E-state index contributed by atoms with van der Waals surface area (Å²) in [4.78, 5) is 0. The maximum absolute atomic E-state index is 4.50. The summed E-state index contributed by atoms with van der Waals surface area (Å²) in [6.07, 6.45) is 6.94. The van der Waals surface area contributed by atoms with E-state index in [1.165, 1.54) is 36.8 Å². The van der Waals surface area contributed by atoms with Crippen LogP contribution in [0.2, 0.25) is 0 Å². The first-order valence-electron chi connectivity index (χ1n) is 19.1. The molecular formula is C46H46N10. The molecule has 6 aromatic carbocycles. The van der Waals surface area contributed by atoms with Crippen molar-refractivity contribution in [2.24, 2.45) is 51.1 Å². The molecule has 10 nitrogen and oxygen atoms in total. The Morgan fingerprint density at radius 2 is 0.554 bits per heavy atom. The first kappa shape index (κ1) is 39.0. The zero-order valence-electron chi connectivity index (χ0n) is 32.4. The van der Waals surface area contributed by atoms with Gasteiger partial charge in [-0.1, -0.05) is 51.0 Å². The van der Waals surface area contributed by atoms with Crippen LogP contribution in [0.4, 0.5) is 56.9 Å². The van der Waals surface area contributed by atoms with Crippen molar-refractivity contribution in [1.82, 2.24) is 0 Å². The summed E-state index contributed by atoms with van der Waals surface area (Å²) in [5.74, 6) is 0. The highest BCUT2D eigenvalue weighted by Crippen LogP contribution is 2.31. The van der Waals surface area contributed by atoms with Gasteiger partial charge in [0, 0.05) is 0 Å². The maximum atomic E-state index is 4.50. The predicted octanol–water partition coefficient (Wildman–Crippen LogP) is 17.1. The standard InChI is InChI=1S/C46H46N10/c1-5-7-9-35-11-15-37(16-12-35)47-49-39-19-23-41(24-20-39)51-53-43-27-29-45(33(3)31-43)55-56-46-30-28-44(32-34(46)4)54-52-42-25-21-40(22-26-42)50-48-38-17-13-36(14-18-38)10-8-6-2/h11-32H,5-10H2,1-4H3. The Labute approximate surface area is 329 Å². The van der Waals surface area contributed by atoms with E-state index in [2.05, 4.69) is 89.3 Å². The third kappa shape index (κ3) is 11.9. The van der Waals surface area contributed by atoms with Crippen LogP contribution in [0.25, 0.3) is 0 Å². The molecule has 0 N–H and O–H groups in total. The molecule has 0 saturated heterocycles. The second kappa shape index (κ2) is 20.1. The fourth-order valence-corrected chi connectivity index (χ4v) is 5.59. The monoisotopic (exact) mass is 738 g/mol. The predicted molar refractivity (Wildman–Crippen MR) is 226 cm³/mol. The van der Waals surface area contributed by atoms with E-state index in [0.29, 0.717) is 0 Å². The van der Waals surface area contributed by atoms with Crippen molar-refractivity contribution in [3.05, 3.63) is 156 Å². The van der Waals surface area contributed by atoms with E-state index in [1.807, 2.05) is 123 Å². The zero-order valence-corrected chi connectivity index (χ0v) is 32.4. The van der Waals surface area contributed by atoms with Gasteiger partial charge in [0.15, 0.2) is 0 Å². The fourth-order valence-electron chi connectivity index (χ4n) is 5.59. The number of nitrogens with zero attached hydrogens (tertiary/aromatic N) is 10. The molecule has 0 radical (unpaired) electrons. The van der Waals surface area contributed by atoms with Crippen LogP contribution in [0.5, 0.6) is 0 Å². The molecule has 0 bridgehead atoms. The Kier molecular flexibility index (Phi) is 14.0. The fraction of sp³-hybridized carbons (Fsp3) is 0.217. The van der Waals surface area contributed by atoms with Gasteiger partial charge in [-0.15, -0.1) is 0 Å². The molecule has 0 amide bonds. The van der Waals surface area contributed by atoms with Gasteiger partial charge in [-0.3, -0.25) is 0 Å². The van der Waals surface area contributed by atoms with Gasteiger partial charge in [0.25, 0.3) is 0 Å². The lowest BCUT2D eigenvalue weighted by atomic mass is 10.1.